The smallest absolute Gasteiger partial charge is 0.335 e. The van der Waals surface area contributed by atoms with Gasteiger partial charge in [0.05, 0.1) is 30.9 Å². The molecule has 2 fully saturated rings. The van der Waals surface area contributed by atoms with E-state index in [1.807, 2.05) is 24.3 Å². The molecule has 2 unspecified atom stereocenters. The summed E-state index contributed by atoms with van der Waals surface area (Å²) in [5.41, 5.74) is -0.885. The Morgan fingerprint density at radius 2 is 1.93 bits per heavy atom. The zero-order valence-corrected chi connectivity index (χ0v) is 26.0. The molecule has 1 N–H and O–H groups in total. The monoisotopic (exact) mass is 619 g/mol. The maximum Gasteiger partial charge on any atom is 0.335 e. The first-order valence-corrected chi connectivity index (χ1v) is 16.4. The van der Waals surface area contributed by atoms with E-state index in [2.05, 4.69) is 11.9 Å². The summed E-state index contributed by atoms with van der Waals surface area (Å²) in [5, 5.41) is 7.94. The number of hydrogen-bond acceptors (Lipinski definition) is 9. The van der Waals surface area contributed by atoms with Crippen LogP contribution in [0.4, 0.5) is 4.79 Å². The minimum absolute atomic E-state index is 0.0205. The van der Waals surface area contributed by atoms with Crippen molar-refractivity contribution < 1.29 is 37.0 Å². The molecule has 13 heteroatoms. The Kier molecular flexibility index (Phi) is 8.38. The van der Waals surface area contributed by atoms with Gasteiger partial charge in [0.15, 0.2) is 5.54 Å². The van der Waals surface area contributed by atoms with Crippen LogP contribution in [0.3, 0.4) is 0 Å². The molecule has 1 saturated carbocycles. The fraction of sp³-hybridized carbons (Fsp3) is 0.552. The summed E-state index contributed by atoms with van der Waals surface area (Å²) in [4.78, 5) is 32.7. The molecule has 0 radical (unpaired) electrons. The molecule has 11 nitrogen and oxygen atoms in total. The van der Waals surface area contributed by atoms with Gasteiger partial charge in [-0.1, -0.05) is 36.9 Å². The molecule has 0 bridgehead atoms. The number of para-hydroxylation sites is 1. The second-order valence-electron chi connectivity index (χ2n) is 11.6. The van der Waals surface area contributed by atoms with Crippen molar-refractivity contribution in [2.24, 2.45) is 5.92 Å². The number of carboxylic acids is 1. The Bertz CT molecular complexity index is 1470. The lowest BCUT2D eigenvalue weighted by Gasteiger charge is -2.47. The van der Waals surface area contributed by atoms with Gasteiger partial charge in [0.2, 0.25) is 15.9 Å². The van der Waals surface area contributed by atoms with Gasteiger partial charge in [-0.2, -0.15) is 0 Å². The number of sulfonamides is 1. The molecule has 2 aliphatic heterocycles. The molecule has 1 aromatic carbocycles. The first kappa shape index (κ1) is 30.4. The molecule has 2 aromatic rings. The number of aliphatic carboxylic acids is 1. The first-order valence-electron chi connectivity index (χ1n) is 14.0. The number of carboxylic acid groups (broad SMARTS) is 1. The number of amides is 2. The SMILES string of the molecule is COc1ccccc1[C@H](CN1C(=O)N(C(C)(C)C(=O)O)S(=O)(=O)C2C(C)=C(c3ncco3)SC21)OC1CCC(C)CC1. The van der Waals surface area contributed by atoms with Crippen molar-refractivity contribution in [3.63, 3.8) is 0 Å². The average Bonchev–Trinajstić information content (AvgIpc) is 3.59. The van der Waals surface area contributed by atoms with Crippen molar-refractivity contribution in [2.75, 3.05) is 13.7 Å². The van der Waals surface area contributed by atoms with Crippen LogP contribution in [0.25, 0.3) is 4.91 Å². The highest BCUT2D eigenvalue weighted by Crippen LogP contribution is 2.52. The Morgan fingerprint density at radius 3 is 2.55 bits per heavy atom. The average molecular weight is 620 g/mol. The number of oxazole rings is 1. The van der Waals surface area contributed by atoms with E-state index in [1.54, 1.807) is 14.0 Å². The molecule has 3 atom stereocenters. The van der Waals surface area contributed by atoms with E-state index in [-0.39, 0.29) is 18.5 Å². The number of fused-ring (bicyclic) bond motifs is 1. The summed E-state index contributed by atoms with van der Waals surface area (Å²) >= 11 is 1.18. The van der Waals surface area contributed by atoms with Gasteiger partial charge in [0.1, 0.15) is 28.7 Å². The minimum Gasteiger partial charge on any atom is -0.496 e. The number of nitrogens with zero attached hydrogens (tertiary/aromatic N) is 3. The molecule has 3 heterocycles. The highest BCUT2D eigenvalue weighted by molar-refractivity contribution is 8.10. The molecular formula is C29H37N3O8S2. The Hall–Kier alpha value is -3.03. The van der Waals surface area contributed by atoms with Crippen LogP contribution in [-0.4, -0.2) is 75.6 Å². The fourth-order valence-corrected chi connectivity index (χ4v) is 10.3. The number of methoxy groups -OCH3 is 1. The molecule has 2 amide bonds. The number of thioether (sulfide) groups is 1. The van der Waals surface area contributed by atoms with Gasteiger partial charge in [0.25, 0.3) is 0 Å². The second kappa shape index (κ2) is 11.6. The molecule has 3 aliphatic rings. The largest absolute Gasteiger partial charge is 0.496 e. The Balaban J connectivity index is 1.59. The summed E-state index contributed by atoms with van der Waals surface area (Å²) in [6.07, 6.45) is 5.92. The number of aromatic nitrogens is 1. The number of urea groups is 1. The zero-order valence-electron chi connectivity index (χ0n) is 24.3. The molecule has 1 aliphatic carbocycles. The highest BCUT2D eigenvalue weighted by atomic mass is 32.2. The zero-order chi connectivity index (χ0) is 30.4. The molecule has 0 spiro atoms. The summed E-state index contributed by atoms with van der Waals surface area (Å²) < 4.78 is 46.6. The maximum atomic E-state index is 14.2. The number of carbonyl (C=O) groups excluding carboxylic acids is 1. The van der Waals surface area contributed by atoms with E-state index >= 15 is 0 Å². The quantitative estimate of drug-likeness (QED) is 0.402. The third kappa shape index (κ3) is 5.30. The first-order chi connectivity index (χ1) is 19.9. The second-order valence-corrected chi connectivity index (χ2v) is 14.7. The Morgan fingerprint density at radius 1 is 1.24 bits per heavy atom. The molecule has 1 saturated heterocycles. The number of carbonyl (C=O) groups is 2. The molecule has 42 heavy (non-hydrogen) atoms. The van der Waals surface area contributed by atoms with Gasteiger partial charge in [-0.3, -0.25) is 0 Å². The standard InChI is InChI=1S/C29H37N3O8S2/c1-17-10-12-19(13-11-17)40-22(20-8-6-7-9-21(20)38-5)16-31-26-24(18(2)23(41-26)25-30-14-15-39-25)42(36,37)32(28(31)35)29(3,4)27(33)34/h6-9,14-15,17,19,22,24,26H,10-13,16H2,1-5H3,(H,33,34)/t17?,19?,22-,24?,26?/m0/s1. The van der Waals surface area contributed by atoms with Crippen LogP contribution in [0.5, 0.6) is 5.75 Å². The number of ether oxygens (including phenoxy) is 2. The van der Waals surface area contributed by atoms with Gasteiger partial charge in [-0.25, -0.2) is 27.3 Å². The van der Waals surface area contributed by atoms with Crippen LogP contribution in [0.2, 0.25) is 0 Å². The van der Waals surface area contributed by atoms with E-state index in [0.29, 0.717) is 26.5 Å². The van der Waals surface area contributed by atoms with Crippen molar-refractivity contribution in [2.45, 2.75) is 81.7 Å². The fourth-order valence-electron chi connectivity index (χ4n) is 5.97. The lowest BCUT2D eigenvalue weighted by Crippen LogP contribution is -2.68. The van der Waals surface area contributed by atoms with Crippen molar-refractivity contribution >= 4 is 38.7 Å². The summed E-state index contributed by atoms with van der Waals surface area (Å²) in [6.45, 7) is 6.30. The summed E-state index contributed by atoms with van der Waals surface area (Å²) in [5.74, 6) is -0.00950. The molecule has 228 valence electrons. The van der Waals surface area contributed by atoms with Crippen molar-refractivity contribution in [3.05, 3.63) is 53.8 Å². The lowest BCUT2D eigenvalue weighted by atomic mass is 9.88. The third-order valence-electron chi connectivity index (χ3n) is 8.41. The van der Waals surface area contributed by atoms with Gasteiger partial charge < -0.3 is 23.9 Å². The van der Waals surface area contributed by atoms with Crippen LogP contribution in [0.15, 0.2) is 46.7 Å². The predicted molar refractivity (Wildman–Crippen MR) is 157 cm³/mol. The minimum atomic E-state index is -4.46. The lowest BCUT2D eigenvalue weighted by molar-refractivity contribution is -0.145. The van der Waals surface area contributed by atoms with E-state index in [4.69, 9.17) is 13.9 Å². The van der Waals surface area contributed by atoms with Gasteiger partial charge >= 0.3 is 12.0 Å². The Labute approximate surface area is 250 Å². The maximum absolute atomic E-state index is 14.2. The summed E-state index contributed by atoms with van der Waals surface area (Å²) in [7, 11) is -2.90. The van der Waals surface area contributed by atoms with Crippen LogP contribution >= 0.6 is 11.8 Å². The molecule has 1 aromatic heterocycles. The van der Waals surface area contributed by atoms with Gasteiger partial charge in [0, 0.05) is 5.56 Å². The van der Waals surface area contributed by atoms with Crippen LogP contribution in [-0.2, 0) is 19.6 Å². The molecular weight excluding hydrogens is 582 g/mol. The van der Waals surface area contributed by atoms with E-state index in [0.717, 1.165) is 31.2 Å². The summed E-state index contributed by atoms with van der Waals surface area (Å²) in [6, 6.07) is 6.48. The van der Waals surface area contributed by atoms with Gasteiger partial charge in [-0.15, -0.1) is 0 Å². The topological polar surface area (TPSA) is 139 Å². The highest BCUT2D eigenvalue weighted by Gasteiger charge is 2.61. The normalized spacial score (nSPS) is 26.7. The van der Waals surface area contributed by atoms with E-state index < -0.39 is 44.3 Å². The molecule has 5 rings (SSSR count). The van der Waals surface area contributed by atoms with E-state index in [9.17, 15) is 23.1 Å². The van der Waals surface area contributed by atoms with Gasteiger partial charge in [-0.05, 0) is 64.0 Å². The van der Waals surface area contributed by atoms with Crippen molar-refractivity contribution in [3.8, 4) is 5.75 Å². The third-order valence-corrected chi connectivity index (χ3v) is 12.5. The van der Waals surface area contributed by atoms with Crippen molar-refractivity contribution in [1.29, 1.82) is 0 Å². The predicted octanol–water partition coefficient (Wildman–Crippen LogP) is 5.12. The number of rotatable bonds is 9. The van der Waals surface area contributed by atoms with Crippen molar-refractivity contribution in [1.82, 2.24) is 14.2 Å². The van der Waals surface area contributed by atoms with Crippen LogP contribution in [0, 0.1) is 5.92 Å². The number of benzene rings is 1. The van der Waals surface area contributed by atoms with Crippen LogP contribution < -0.4 is 4.74 Å². The van der Waals surface area contributed by atoms with Crippen LogP contribution in [0.1, 0.15) is 70.9 Å². The number of hydrogen-bond donors (Lipinski definition) is 1. The van der Waals surface area contributed by atoms with E-state index in [1.165, 1.54) is 43.0 Å².